The smallest absolute Gasteiger partial charge is 0.306 e. The number of carbonyl (C=O) groups is 3. The lowest BCUT2D eigenvalue weighted by atomic mass is 9.44. The molecular formula is C38H59FO6. The molecule has 8 atom stereocenters. The van der Waals surface area contributed by atoms with E-state index in [0.29, 0.717) is 31.3 Å². The first-order valence-corrected chi connectivity index (χ1v) is 18.1. The molecule has 0 aromatic rings. The van der Waals surface area contributed by atoms with Gasteiger partial charge in [-0.25, -0.2) is 4.39 Å². The Morgan fingerprint density at radius 2 is 1.53 bits per heavy atom. The average molecular weight is 631 g/mol. The average Bonchev–Trinajstić information content (AvgIpc) is 3.20. The minimum absolute atomic E-state index is 0.0885. The Morgan fingerprint density at radius 3 is 2.13 bits per heavy atom. The van der Waals surface area contributed by atoms with Crippen LogP contribution in [0.3, 0.4) is 0 Å². The van der Waals surface area contributed by atoms with Crippen molar-refractivity contribution in [2.75, 3.05) is 6.61 Å². The molecule has 0 heterocycles. The predicted octanol–water partition coefficient (Wildman–Crippen LogP) is 7.93. The number of esters is 1. The second-order valence-corrected chi connectivity index (χ2v) is 15.2. The molecule has 6 nitrogen and oxygen atoms in total. The van der Waals surface area contributed by atoms with Gasteiger partial charge in [-0.2, -0.15) is 0 Å². The van der Waals surface area contributed by atoms with Crippen molar-refractivity contribution in [3.8, 4) is 0 Å². The summed E-state index contributed by atoms with van der Waals surface area (Å²) in [7, 11) is 0. The van der Waals surface area contributed by atoms with Crippen LogP contribution >= 0.6 is 0 Å². The molecule has 3 saturated carbocycles. The number of halogens is 1. The molecule has 254 valence electrons. The number of rotatable bonds is 17. The van der Waals surface area contributed by atoms with Crippen molar-refractivity contribution >= 4 is 17.5 Å². The summed E-state index contributed by atoms with van der Waals surface area (Å²) in [5, 5.41) is 23.6. The van der Waals surface area contributed by atoms with Crippen molar-refractivity contribution < 1.29 is 33.7 Å². The van der Waals surface area contributed by atoms with Gasteiger partial charge in [0.2, 0.25) is 5.78 Å². The molecule has 4 unspecified atom stereocenters. The minimum atomic E-state index is -2.02. The van der Waals surface area contributed by atoms with E-state index in [-0.39, 0.29) is 24.5 Å². The third-order valence-corrected chi connectivity index (χ3v) is 12.5. The molecule has 4 aliphatic rings. The quantitative estimate of drug-likeness (QED) is 0.125. The van der Waals surface area contributed by atoms with Crippen LogP contribution in [0.4, 0.5) is 4.39 Å². The zero-order valence-corrected chi connectivity index (χ0v) is 28.4. The zero-order chi connectivity index (χ0) is 32.9. The Morgan fingerprint density at radius 1 is 0.956 bits per heavy atom. The number of Topliss-reactive ketones (excluding diaryl/α,β-unsaturated/α-hetero) is 1. The van der Waals surface area contributed by atoms with Gasteiger partial charge in [0.15, 0.2) is 18.1 Å². The maximum absolute atomic E-state index is 17.3. The number of alkyl halides is 1. The maximum Gasteiger partial charge on any atom is 0.306 e. The van der Waals surface area contributed by atoms with Crippen molar-refractivity contribution in [2.45, 2.75) is 161 Å². The third-order valence-electron chi connectivity index (χ3n) is 12.5. The van der Waals surface area contributed by atoms with Crippen LogP contribution in [0.5, 0.6) is 0 Å². The van der Waals surface area contributed by atoms with Crippen LogP contribution in [0.2, 0.25) is 0 Å². The molecule has 0 aromatic heterocycles. The summed E-state index contributed by atoms with van der Waals surface area (Å²) >= 11 is 0. The molecular weight excluding hydrogens is 571 g/mol. The highest BCUT2D eigenvalue weighted by atomic mass is 19.1. The lowest BCUT2D eigenvalue weighted by Gasteiger charge is -2.62. The van der Waals surface area contributed by atoms with Crippen LogP contribution in [0.15, 0.2) is 23.8 Å². The first-order chi connectivity index (χ1) is 21.4. The molecule has 0 bridgehead atoms. The van der Waals surface area contributed by atoms with Gasteiger partial charge in [-0.3, -0.25) is 14.4 Å². The Kier molecular flexibility index (Phi) is 11.9. The number of ether oxygens (including phenoxy) is 1. The molecule has 4 rings (SSSR count). The molecule has 0 spiro atoms. The van der Waals surface area contributed by atoms with E-state index in [1.54, 1.807) is 26.8 Å². The first-order valence-electron chi connectivity index (χ1n) is 18.1. The fraction of sp³-hybridized carbons (Fsp3) is 0.816. The summed E-state index contributed by atoms with van der Waals surface area (Å²) in [5.74, 6) is -2.59. The third kappa shape index (κ3) is 6.77. The van der Waals surface area contributed by atoms with Crippen LogP contribution < -0.4 is 0 Å². The van der Waals surface area contributed by atoms with Crippen molar-refractivity contribution in [3.05, 3.63) is 23.8 Å². The molecule has 2 N–H and O–H groups in total. The fourth-order valence-electron chi connectivity index (χ4n) is 9.76. The van der Waals surface area contributed by atoms with Gasteiger partial charge in [0.05, 0.1) is 6.10 Å². The van der Waals surface area contributed by atoms with Crippen molar-refractivity contribution in [3.63, 3.8) is 0 Å². The highest BCUT2D eigenvalue weighted by Gasteiger charge is 2.75. The highest BCUT2D eigenvalue weighted by Crippen LogP contribution is 2.70. The zero-order valence-electron chi connectivity index (χ0n) is 28.4. The summed E-state index contributed by atoms with van der Waals surface area (Å²) in [6.07, 6.45) is 20.4. The SMILES string of the molecule is CCCCCCCCCCCCCCCC(=O)OCC(=O)[C@@]1(O)[C@H](C)CC2C3CCC4=CC(=O)C=CC4(C)[C@@]3(F)[C@@H](O)CC21C. The Labute approximate surface area is 270 Å². The van der Waals surface area contributed by atoms with Crippen molar-refractivity contribution in [1.82, 2.24) is 0 Å². The summed E-state index contributed by atoms with van der Waals surface area (Å²) in [4.78, 5) is 38.2. The Bertz CT molecular complexity index is 1130. The molecule has 0 saturated heterocycles. The second kappa shape index (κ2) is 14.9. The monoisotopic (exact) mass is 630 g/mol. The van der Waals surface area contributed by atoms with Gasteiger partial charge < -0.3 is 14.9 Å². The molecule has 0 amide bonds. The molecule has 0 radical (unpaired) electrons. The van der Waals surface area contributed by atoms with E-state index in [4.69, 9.17) is 4.74 Å². The molecule has 45 heavy (non-hydrogen) atoms. The van der Waals surface area contributed by atoms with Gasteiger partial charge in [0.25, 0.3) is 0 Å². The van der Waals surface area contributed by atoms with Gasteiger partial charge >= 0.3 is 5.97 Å². The van der Waals surface area contributed by atoms with Crippen LogP contribution in [-0.2, 0) is 19.1 Å². The van der Waals surface area contributed by atoms with Crippen LogP contribution in [0.1, 0.15) is 143 Å². The maximum atomic E-state index is 17.3. The summed E-state index contributed by atoms with van der Waals surface area (Å²) in [6.45, 7) is 7.08. The standard InChI is InChI=1S/C38H59FO6/c1-5-6-7-8-9-10-11-12-13-14-15-16-17-18-34(43)45-26-33(42)38(44)27(2)23-31-30-20-19-28-24-29(40)21-22-35(28,3)37(30,39)32(41)25-36(31,38)4/h21-22,24,27,30-32,41,44H,5-20,23,25-26H2,1-4H3/t27-,30?,31?,32+,35?,36?,37+,38+/m1/s1. The van der Waals surface area contributed by atoms with E-state index in [0.717, 1.165) is 12.8 Å². The second-order valence-electron chi connectivity index (χ2n) is 15.2. The number of hydrogen-bond donors (Lipinski definition) is 2. The fourth-order valence-corrected chi connectivity index (χ4v) is 9.76. The number of unbranched alkanes of at least 4 members (excludes halogenated alkanes) is 12. The largest absolute Gasteiger partial charge is 0.458 e. The van der Waals surface area contributed by atoms with Gasteiger partial charge in [-0.05, 0) is 63.0 Å². The minimum Gasteiger partial charge on any atom is -0.458 e. The summed E-state index contributed by atoms with van der Waals surface area (Å²) in [6, 6.07) is 0. The van der Waals surface area contributed by atoms with Crippen LogP contribution in [-0.4, -0.2) is 51.7 Å². The molecule has 3 fully saturated rings. The van der Waals surface area contributed by atoms with Crippen LogP contribution in [0.25, 0.3) is 0 Å². The number of ketones is 2. The van der Waals surface area contributed by atoms with Crippen molar-refractivity contribution in [2.24, 2.45) is 28.6 Å². The Balaban J connectivity index is 1.24. The molecule has 7 heteroatoms. The van der Waals surface area contributed by atoms with E-state index in [1.165, 1.54) is 76.4 Å². The van der Waals surface area contributed by atoms with Crippen LogP contribution in [0, 0.1) is 28.6 Å². The van der Waals surface area contributed by atoms with Crippen molar-refractivity contribution in [1.29, 1.82) is 0 Å². The number of fused-ring (bicyclic) bond motifs is 5. The number of hydrogen-bond acceptors (Lipinski definition) is 6. The normalized spacial score (nSPS) is 37.0. The highest BCUT2D eigenvalue weighted by molar-refractivity contribution is 6.01. The topological polar surface area (TPSA) is 101 Å². The van der Waals surface area contributed by atoms with E-state index in [9.17, 15) is 24.6 Å². The predicted molar refractivity (Wildman–Crippen MR) is 174 cm³/mol. The lowest BCUT2D eigenvalue weighted by molar-refractivity contribution is -0.220. The van der Waals surface area contributed by atoms with E-state index in [1.807, 2.05) is 0 Å². The van der Waals surface area contributed by atoms with E-state index < -0.39 is 58.4 Å². The van der Waals surface area contributed by atoms with Gasteiger partial charge in [0.1, 0.15) is 5.60 Å². The number of carbonyl (C=O) groups excluding carboxylic acids is 3. The number of allylic oxidation sites excluding steroid dienone is 4. The Hall–Kier alpha value is -1.86. The molecule has 0 aliphatic heterocycles. The summed E-state index contributed by atoms with van der Waals surface area (Å²) < 4.78 is 22.7. The van der Waals surface area contributed by atoms with Gasteiger partial charge in [0, 0.05) is 23.2 Å². The lowest BCUT2D eigenvalue weighted by Crippen LogP contribution is -2.69. The summed E-state index contributed by atoms with van der Waals surface area (Å²) in [5.41, 5.74) is -5.36. The van der Waals surface area contributed by atoms with E-state index in [2.05, 4.69) is 6.92 Å². The van der Waals surface area contributed by atoms with E-state index >= 15 is 4.39 Å². The number of aliphatic hydroxyl groups is 2. The van der Waals surface area contributed by atoms with Gasteiger partial charge in [-0.1, -0.05) is 109 Å². The molecule has 4 aliphatic carbocycles. The molecule has 0 aromatic carbocycles. The number of aliphatic hydroxyl groups excluding tert-OH is 1. The first kappa shape index (κ1) is 36.0. The van der Waals surface area contributed by atoms with Gasteiger partial charge in [-0.15, -0.1) is 0 Å².